The summed E-state index contributed by atoms with van der Waals surface area (Å²) in [7, 11) is 1.80. The number of guanidine groups is 1. The first-order chi connectivity index (χ1) is 11.2. The average molecular weight is 451 g/mol. The molecule has 0 aliphatic heterocycles. The Morgan fingerprint density at radius 3 is 2.42 bits per heavy atom. The summed E-state index contributed by atoms with van der Waals surface area (Å²) in [6, 6.07) is 2.11. The van der Waals surface area contributed by atoms with Crippen LogP contribution in [0.5, 0.6) is 0 Å². The van der Waals surface area contributed by atoms with Crippen LogP contribution in [0.4, 0.5) is 0 Å². The molecule has 0 spiro atoms. The minimum absolute atomic E-state index is 0. The predicted molar refractivity (Wildman–Crippen MR) is 111 cm³/mol. The van der Waals surface area contributed by atoms with E-state index < -0.39 is 0 Å². The first kappa shape index (κ1) is 23.2. The van der Waals surface area contributed by atoms with E-state index in [1.165, 1.54) is 12.1 Å². The number of hydrogen-bond donors (Lipinski definition) is 2. The van der Waals surface area contributed by atoms with Crippen LogP contribution in [-0.2, 0) is 11.3 Å². The summed E-state index contributed by atoms with van der Waals surface area (Å²) in [6.07, 6.45) is 4.34. The van der Waals surface area contributed by atoms with Crippen molar-refractivity contribution in [3.05, 3.63) is 17.5 Å². The lowest BCUT2D eigenvalue weighted by Crippen LogP contribution is -2.38. The predicted octanol–water partition coefficient (Wildman–Crippen LogP) is 2.88. The van der Waals surface area contributed by atoms with E-state index in [0.717, 1.165) is 63.8 Å². The molecular formula is C17H34IN5O. The topological polar surface area (TPSA) is 63.5 Å². The van der Waals surface area contributed by atoms with Gasteiger partial charge in [-0.1, -0.05) is 13.3 Å². The normalized spacial score (nSPS) is 11.2. The molecule has 0 radical (unpaired) electrons. The number of aliphatic imine (C=N–C) groups is 1. The Morgan fingerprint density at radius 2 is 1.83 bits per heavy atom. The summed E-state index contributed by atoms with van der Waals surface area (Å²) in [6.45, 7) is 10.7. The summed E-state index contributed by atoms with van der Waals surface area (Å²) in [5.41, 5.74) is 2.29. The molecule has 0 bridgehead atoms. The van der Waals surface area contributed by atoms with E-state index in [-0.39, 0.29) is 24.0 Å². The number of aryl methyl sites for hydroxylation is 3. The highest BCUT2D eigenvalue weighted by Gasteiger charge is 2.01. The number of unbranched alkanes of at least 4 members (excludes halogenated alkanes) is 1. The lowest BCUT2D eigenvalue weighted by molar-refractivity contribution is 0.129. The van der Waals surface area contributed by atoms with Gasteiger partial charge in [-0.05, 0) is 39.2 Å². The molecule has 0 amide bonds. The Labute approximate surface area is 163 Å². The van der Waals surface area contributed by atoms with Crippen LogP contribution in [0.15, 0.2) is 11.1 Å². The zero-order valence-electron chi connectivity index (χ0n) is 15.6. The number of halogens is 1. The third-order valence-electron chi connectivity index (χ3n) is 3.57. The minimum atomic E-state index is 0. The maximum absolute atomic E-state index is 5.54. The SMILES string of the molecule is CCCCOCCCNC(=NC)NCCCn1nc(C)cc1C.I. The number of nitrogens with one attached hydrogen (secondary N) is 2. The number of ether oxygens (including phenoxy) is 1. The summed E-state index contributed by atoms with van der Waals surface area (Å²) >= 11 is 0. The van der Waals surface area contributed by atoms with Crippen LogP contribution in [0.2, 0.25) is 0 Å². The van der Waals surface area contributed by atoms with Crippen molar-refractivity contribution in [3.8, 4) is 0 Å². The van der Waals surface area contributed by atoms with Crippen molar-refractivity contribution in [2.45, 2.75) is 53.0 Å². The van der Waals surface area contributed by atoms with E-state index in [9.17, 15) is 0 Å². The first-order valence-electron chi connectivity index (χ1n) is 8.70. The van der Waals surface area contributed by atoms with Crippen molar-refractivity contribution in [1.82, 2.24) is 20.4 Å². The van der Waals surface area contributed by atoms with Crippen LogP contribution in [0.1, 0.15) is 44.0 Å². The van der Waals surface area contributed by atoms with Gasteiger partial charge in [0.1, 0.15) is 0 Å². The van der Waals surface area contributed by atoms with Gasteiger partial charge < -0.3 is 15.4 Å². The Balaban J connectivity index is 0.00000529. The summed E-state index contributed by atoms with van der Waals surface area (Å²) in [5.74, 6) is 0.854. The van der Waals surface area contributed by atoms with Gasteiger partial charge in [-0.25, -0.2) is 0 Å². The molecule has 0 saturated heterocycles. The fraction of sp³-hybridized carbons (Fsp3) is 0.765. The molecule has 0 fully saturated rings. The molecular weight excluding hydrogens is 417 g/mol. The van der Waals surface area contributed by atoms with Crippen LogP contribution < -0.4 is 10.6 Å². The molecule has 1 heterocycles. The monoisotopic (exact) mass is 451 g/mol. The highest BCUT2D eigenvalue weighted by atomic mass is 127. The maximum Gasteiger partial charge on any atom is 0.190 e. The molecule has 0 aliphatic rings. The second-order valence-electron chi connectivity index (χ2n) is 5.75. The minimum Gasteiger partial charge on any atom is -0.381 e. The number of aromatic nitrogens is 2. The molecule has 1 aromatic heterocycles. The molecule has 6 nitrogen and oxygen atoms in total. The van der Waals surface area contributed by atoms with E-state index in [1.807, 2.05) is 6.92 Å². The Bertz CT molecular complexity index is 462. The van der Waals surface area contributed by atoms with E-state index in [1.54, 1.807) is 7.05 Å². The molecule has 1 aromatic rings. The highest BCUT2D eigenvalue weighted by Crippen LogP contribution is 2.02. The number of rotatable bonds is 11. The van der Waals surface area contributed by atoms with Gasteiger partial charge in [-0.2, -0.15) is 5.10 Å². The Kier molecular flexibility index (Phi) is 14.0. The molecule has 1 rings (SSSR count). The average Bonchev–Trinajstić information content (AvgIpc) is 2.86. The molecule has 2 N–H and O–H groups in total. The van der Waals surface area contributed by atoms with Crippen LogP contribution in [-0.4, -0.2) is 49.1 Å². The summed E-state index contributed by atoms with van der Waals surface area (Å²) in [5, 5.41) is 11.1. The molecule has 0 saturated carbocycles. The summed E-state index contributed by atoms with van der Waals surface area (Å²) < 4.78 is 7.60. The van der Waals surface area contributed by atoms with Gasteiger partial charge in [-0.15, -0.1) is 24.0 Å². The van der Waals surface area contributed by atoms with E-state index in [0.29, 0.717) is 0 Å². The van der Waals surface area contributed by atoms with Crippen molar-refractivity contribution >= 4 is 29.9 Å². The third kappa shape index (κ3) is 10.1. The molecule has 24 heavy (non-hydrogen) atoms. The largest absolute Gasteiger partial charge is 0.381 e. The van der Waals surface area contributed by atoms with Crippen molar-refractivity contribution < 1.29 is 4.74 Å². The molecule has 0 atom stereocenters. The van der Waals surface area contributed by atoms with Gasteiger partial charge in [0, 0.05) is 45.6 Å². The van der Waals surface area contributed by atoms with Gasteiger partial charge in [0.2, 0.25) is 0 Å². The fourth-order valence-electron chi connectivity index (χ4n) is 2.29. The maximum atomic E-state index is 5.54. The fourth-order valence-corrected chi connectivity index (χ4v) is 2.29. The lowest BCUT2D eigenvalue weighted by Gasteiger charge is -2.12. The smallest absolute Gasteiger partial charge is 0.190 e. The van der Waals surface area contributed by atoms with Gasteiger partial charge in [0.15, 0.2) is 5.96 Å². The van der Waals surface area contributed by atoms with E-state index in [4.69, 9.17) is 4.74 Å². The van der Waals surface area contributed by atoms with Crippen molar-refractivity contribution in [3.63, 3.8) is 0 Å². The lowest BCUT2D eigenvalue weighted by atomic mass is 10.3. The first-order valence-corrected chi connectivity index (χ1v) is 8.70. The Hall–Kier alpha value is -0.830. The van der Waals surface area contributed by atoms with Gasteiger partial charge in [0.05, 0.1) is 5.69 Å². The number of hydrogen-bond acceptors (Lipinski definition) is 3. The zero-order chi connectivity index (χ0) is 16.9. The van der Waals surface area contributed by atoms with E-state index in [2.05, 4.69) is 45.3 Å². The van der Waals surface area contributed by atoms with Crippen LogP contribution in [0, 0.1) is 13.8 Å². The van der Waals surface area contributed by atoms with Gasteiger partial charge in [0.25, 0.3) is 0 Å². The Morgan fingerprint density at radius 1 is 1.17 bits per heavy atom. The van der Waals surface area contributed by atoms with Crippen LogP contribution >= 0.6 is 24.0 Å². The second kappa shape index (κ2) is 14.5. The number of nitrogens with zero attached hydrogens (tertiary/aromatic N) is 3. The highest BCUT2D eigenvalue weighted by molar-refractivity contribution is 14.0. The van der Waals surface area contributed by atoms with Crippen molar-refractivity contribution in [1.29, 1.82) is 0 Å². The van der Waals surface area contributed by atoms with Crippen molar-refractivity contribution in [2.24, 2.45) is 4.99 Å². The van der Waals surface area contributed by atoms with Crippen LogP contribution in [0.3, 0.4) is 0 Å². The zero-order valence-corrected chi connectivity index (χ0v) is 17.9. The quantitative estimate of drug-likeness (QED) is 0.235. The molecule has 7 heteroatoms. The molecule has 140 valence electrons. The standard InChI is InChI=1S/C17H33N5O.HI/c1-5-6-12-23-13-8-10-20-17(18-4)19-9-7-11-22-16(3)14-15(2)21-22;/h14H,5-13H2,1-4H3,(H2,18,19,20);1H. The third-order valence-corrected chi connectivity index (χ3v) is 3.57. The van der Waals surface area contributed by atoms with Gasteiger partial charge in [-0.3, -0.25) is 9.67 Å². The molecule has 0 unspecified atom stereocenters. The van der Waals surface area contributed by atoms with Crippen LogP contribution in [0.25, 0.3) is 0 Å². The second-order valence-corrected chi connectivity index (χ2v) is 5.75. The molecule has 0 aliphatic carbocycles. The van der Waals surface area contributed by atoms with Crippen molar-refractivity contribution in [2.75, 3.05) is 33.4 Å². The summed E-state index contributed by atoms with van der Waals surface area (Å²) in [4.78, 5) is 4.23. The van der Waals surface area contributed by atoms with Gasteiger partial charge >= 0.3 is 0 Å². The molecule has 0 aromatic carbocycles. The van der Waals surface area contributed by atoms with E-state index >= 15 is 0 Å².